The molecule has 0 spiro atoms. The van der Waals surface area contributed by atoms with Crippen molar-refractivity contribution in [3.8, 4) is 11.3 Å². The van der Waals surface area contributed by atoms with Gasteiger partial charge >= 0.3 is 0 Å². The standard InChI is InChI=1S/C31H27FN6O3S/c1-31(2,3)42(39,40)36-17-25-9-12-29(41-25)21-7-10-27-26(15-21)30(34-19-33-27)37-24-8-11-28-22(14-24)16-35-38(28)18-20-5-4-6-23(32)13-20/h4-17,19H,18H2,1-3H3,(H,33,34,37). The molecule has 0 aliphatic heterocycles. The fourth-order valence-electron chi connectivity index (χ4n) is 4.40. The van der Waals surface area contributed by atoms with Gasteiger partial charge in [-0.25, -0.2) is 22.8 Å². The third kappa shape index (κ3) is 5.51. The molecular weight excluding hydrogens is 555 g/mol. The highest BCUT2D eigenvalue weighted by molar-refractivity contribution is 7.91. The number of rotatable bonds is 7. The Kier molecular flexibility index (Phi) is 6.82. The molecule has 0 radical (unpaired) electrons. The lowest BCUT2D eigenvalue weighted by Crippen LogP contribution is -2.25. The van der Waals surface area contributed by atoms with Crippen LogP contribution in [-0.2, 0) is 16.6 Å². The van der Waals surface area contributed by atoms with Gasteiger partial charge in [0.05, 0.1) is 34.7 Å². The minimum Gasteiger partial charge on any atom is -0.455 e. The SMILES string of the molecule is CC(C)(C)S(=O)(=O)N=Cc1ccc(-c2ccc3ncnc(Nc4ccc5c(cnn5Cc5cccc(F)c5)c4)c3c2)o1. The van der Waals surface area contributed by atoms with E-state index in [4.69, 9.17) is 4.42 Å². The summed E-state index contributed by atoms with van der Waals surface area (Å²) in [5, 5.41) is 9.58. The quantitative estimate of drug-likeness (QED) is 0.208. The molecular formula is C31H27FN6O3S. The predicted octanol–water partition coefficient (Wildman–Crippen LogP) is 6.72. The van der Waals surface area contributed by atoms with E-state index < -0.39 is 14.8 Å². The van der Waals surface area contributed by atoms with E-state index >= 15 is 0 Å². The van der Waals surface area contributed by atoms with Crippen LogP contribution in [0.3, 0.4) is 0 Å². The summed E-state index contributed by atoms with van der Waals surface area (Å²) in [6.07, 6.45) is 4.50. The minimum absolute atomic E-state index is 0.274. The van der Waals surface area contributed by atoms with Gasteiger partial charge in [-0.05, 0) is 87.0 Å². The van der Waals surface area contributed by atoms with Crippen molar-refractivity contribution >= 4 is 49.5 Å². The van der Waals surface area contributed by atoms with Crippen LogP contribution in [0.1, 0.15) is 32.1 Å². The van der Waals surface area contributed by atoms with Gasteiger partial charge in [0.25, 0.3) is 10.0 Å². The van der Waals surface area contributed by atoms with Gasteiger partial charge in [0.2, 0.25) is 0 Å². The van der Waals surface area contributed by atoms with Crippen LogP contribution in [-0.4, -0.2) is 39.1 Å². The number of benzene rings is 3. The third-order valence-corrected chi connectivity index (χ3v) is 8.70. The average Bonchev–Trinajstić information content (AvgIpc) is 3.59. The Morgan fingerprint density at radius 2 is 1.88 bits per heavy atom. The second-order valence-corrected chi connectivity index (χ2v) is 13.2. The molecule has 0 bridgehead atoms. The van der Waals surface area contributed by atoms with Crippen molar-refractivity contribution in [3.63, 3.8) is 0 Å². The van der Waals surface area contributed by atoms with Crippen LogP contribution in [0.2, 0.25) is 0 Å². The van der Waals surface area contributed by atoms with Gasteiger partial charge in [0.15, 0.2) is 0 Å². The van der Waals surface area contributed by atoms with Crippen molar-refractivity contribution in [2.45, 2.75) is 32.1 Å². The molecule has 0 saturated carbocycles. The molecule has 42 heavy (non-hydrogen) atoms. The molecule has 1 N–H and O–H groups in total. The summed E-state index contributed by atoms with van der Waals surface area (Å²) in [5.74, 6) is 1.21. The molecule has 11 heteroatoms. The Bertz CT molecular complexity index is 2080. The van der Waals surface area contributed by atoms with Gasteiger partial charge in [0, 0.05) is 22.0 Å². The van der Waals surface area contributed by atoms with E-state index in [9.17, 15) is 12.8 Å². The Morgan fingerprint density at radius 1 is 1.02 bits per heavy atom. The first-order valence-corrected chi connectivity index (χ1v) is 14.6. The van der Waals surface area contributed by atoms with Crippen LogP contribution >= 0.6 is 0 Å². The molecule has 0 aliphatic carbocycles. The summed E-state index contributed by atoms with van der Waals surface area (Å²) >= 11 is 0. The first kappa shape index (κ1) is 27.3. The molecule has 9 nitrogen and oxygen atoms in total. The molecule has 212 valence electrons. The molecule has 0 unspecified atom stereocenters. The smallest absolute Gasteiger partial charge is 0.258 e. The van der Waals surface area contributed by atoms with Crippen molar-refractivity contribution in [1.29, 1.82) is 0 Å². The van der Waals surface area contributed by atoms with Crippen molar-refractivity contribution < 1.29 is 17.2 Å². The number of hydrogen-bond donors (Lipinski definition) is 1. The third-order valence-electron chi connectivity index (χ3n) is 6.77. The number of furan rings is 1. The normalized spacial score (nSPS) is 12.5. The van der Waals surface area contributed by atoms with Crippen LogP contribution in [0.25, 0.3) is 33.1 Å². The summed E-state index contributed by atoms with van der Waals surface area (Å²) in [5.41, 5.74) is 4.08. The zero-order valence-electron chi connectivity index (χ0n) is 23.1. The fourth-order valence-corrected chi connectivity index (χ4v) is 4.96. The Labute approximate surface area is 241 Å². The highest BCUT2D eigenvalue weighted by atomic mass is 32.2. The van der Waals surface area contributed by atoms with Crippen molar-refractivity contribution in [3.05, 3.63) is 102 Å². The summed E-state index contributed by atoms with van der Waals surface area (Å²) < 4.78 is 48.7. The van der Waals surface area contributed by atoms with Crippen LogP contribution < -0.4 is 5.32 Å². The van der Waals surface area contributed by atoms with Gasteiger partial charge in [-0.15, -0.1) is 0 Å². The van der Waals surface area contributed by atoms with E-state index in [0.717, 1.165) is 38.6 Å². The first-order valence-electron chi connectivity index (χ1n) is 13.2. The lowest BCUT2D eigenvalue weighted by molar-refractivity contribution is 0.560. The largest absolute Gasteiger partial charge is 0.455 e. The summed E-state index contributed by atoms with van der Waals surface area (Å²) in [6, 6.07) is 21.5. The maximum absolute atomic E-state index is 13.6. The number of nitrogens with one attached hydrogen (secondary N) is 1. The number of sulfonamides is 1. The molecule has 0 aliphatic rings. The highest BCUT2D eigenvalue weighted by Gasteiger charge is 2.27. The lowest BCUT2D eigenvalue weighted by atomic mass is 10.1. The summed E-state index contributed by atoms with van der Waals surface area (Å²) in [6.45, 7) is 5.24. The minimum atomic E-state index is -3.68. The molecule has 3 aromatic heterocycles. The number of hydrogen-bond acceptors (Lipinski definition) is 7. The van der Waals surface area contributed by atoms with Gasteiger partial charge in [-0.2, -0.15) is 9.50 Å². The van der Waals surface area contributed by atoms with E-state index in [1.54, 1.807) is 45.2 Å². The van der Waals surface area contributed by atoms with Crippen LogP contribution in [0.15, 0.2) is 94.1 Å². The molecule has 0 atom stereocenters. The predicted molar refractivity (Wildman–Crippen MR) is 162 cm³/mol. The average molecular weight is 583 g/mol. The Hall–Kier alpha value is -4.90. The number of aromatic nitrogens is 4. The number of fused-ring (bicyclic) bond motifs is 2. The second-order valence-electron chi connectivity index (χ2n) is 10.8. The van der Waals surface area contributed by atoms with Crippen molar-refractivity contribution in [1.82, 2.24) is 19.7 Å². The second kappa shape index (κ2) is 10.5. The van der Waals surface area contributed by atoms with E-state index in [1.807, 2.05) is 47.1 Å². The zero-order chi connectivity index (χ0) is 29.5. The summed E-state index contributed by atoms with van der Waals surface area (Å²) in [4.78, 5) is 8.87. The number of nitrogens with zero attached hydrogens (tertiary/aromatic N) is 5. The summed E-state index contributed by atoms with van der Waals surface area (Å²) in [7, 11) is -3.68. The Morgan fingerprint density at radius 3 is 2.69 bits per heavy atom. The molecule has 0 saturated heterocycles. The molecule has 6 rings (SSSR count). The van der Waals surface area contributed by atoms with Gasteiger partial charge in [-0.3, -0.25) is 4.68 Å². The molecule has 3 heterocycles. The van der Waals surface area contributed by atoms with E-state index in [-0.39, 0.29) is 5.82 Å². The maximum atomic E-state index is 13.6. The molecule has 6 aromatic rings. The Balaban J connectivity index is 1.26. The van der Waals surface area contributed by atoms with E-state index in [0.29, 0.717) is 23.9 Å². The highest BCUT2D eigenvalue weighted by Crippen LogP contribution is 2.30. The molecule has 3 aromatic carbocycles. The fraction of sp³-hybridized carbons (Fsp3) is 0.161. The van der Waals surface area contributed by atoms with E-state index in [1.165, 1.54) is 24.7 Å². The maximum Gasteiger partial charge on any atom is 0.258 e. The van der Waals surface area contributed by atoms with Crippen LogP contribution in [0, 0.1) is 5.82 Å². The monoisotopic (exact) mass is 582 g/mol. The van der Waals surface area contributed by atoms with Gasteiger partial charge in [-0.1, -0.05) is 12.1 Å². The topological polar surface area (TPSA) is 115 Å². The lowest BCUT2D eigenvalue weighted by Gasteiger charge is -2.14. The van der Waals surface area contributed by atoms with Gasteiger partial charge < -0.3 is 9.73 Å². The number of anilines is 2. The number of halogens is 1. The van der Waals surface area contributed by atoms with E-state index in [2.05, 4.69) is 24.8 Å². The first-order chi connectivity index (χ1) is 20.1. The van der Waals surface area contributed by atoms with Gasteiger partial charge in [0.1, 0.15) is 29.5 Å². The van der Waals surface area contributed by atoms with Crippen LogP contribution in [0.4, 0.5) is 15.9 Å². The van der Waals surface area contributed by atoms with Crippen molar-refractivity contribution in [2.75, 3.05) is 5.32 Å². The zero-order valence-corrected chi connectivity index (χ0v) is 23.9. The molecule has 0 amide bonds. The van der Waals surface area contributed by atoms with Crippen molar-refractivity contribution in [2.24, 2.45) is 4.40 Å². The van der Waals surface area contributed by atoms with Crippen LogP contribution in [0.5, 0.6) is 0 Å². The molecule has 0 fully saturated rings.